The van der Waals surface area contributed by atoms with Gasteiger partial charge in [-0.2, -0.15) is 53.4 Å². The summed E-state index contributed by atoms with van der Waals surface area (Å²) in [4.78, 5) is 40.4. The van der Waals surface area contributed by atoms with E-state index in [1.807, 2.05) is 13.8 Å². The number of aromatic carboxylic acids is 1. The molecule has 2 aromatic carbocycles. The van der Waals surface area contributed by atoms with E-state index in [0.717, 1.165) is 11.1 Å². The first-order valence-electron chi connectivity index (χ1n) is 20.4. The van der Waals surface area contributed by atoms with Crippen LogP contribution in [0.4, 0.5) is 37.7 Å². The van der Waals surface area contributed by atoms with Gasteiger partial charge in [-0.3, -0.25) is 23.6 Å². The maximum absolute atomic E-state index is 12.8. The van der Waals surface area contributed by atoms with Gasteiger partial charge in [0.15, 0.2) is 5.69 Å². The van der Waals surface area contributed by atoms with Crippen molar-refractivity contribution in [2.24, 2.45) is 15.9 Å². The second-order valence-electron chi connectivity index (χ2n) is 14.5. The van der Waals surface area contributed by atoms with Gasteiger partial charge >= 0.3 is 37.0 Å². The quantitative estimate of drug-likeness (QED) is 0.140. The van der Waals surface area contributed by atoms with Gasteiger partial charge < -0.3 is 16.2 Å². The molecular formula is C41H47ClF6N14O7S2. The van der Waals surface area contributed by atoms with Crippen molar-refractivity contribution in [1.82, 2.24) is 42.7 Å². The summed E-state index contributed by atoms with van der Waals surface area (Å²) in [5.74, 6) is -0.394. The van der Waals surface area contributed by atoms with Crippen LogP contribution in [0.3, 0.4) is 0 Å². The maximum Gasteiger partial charge on any atom is 0.516 e. The summed E-state index contributed by atoms with van der Waals surface area (Å²) >= 11 is 0. The second kappa shape index (κ2) is 23.2. The number of aromatic nitrogens is 6. The monoisotopic (exact) mass is 1060 g/mol. The molecule has 71 heavy (non-hydrogen) atoms. The first-order valence-corrected chi connectivity index (χ1v) is 23.3. The number of halogens is 7. The number of amides is 1. The number of alkyl halides is 6. The number of carbonyl (C=O) groups is 2. The molecule has 1 amide bonds. The molecule has 0 saturated heterocycles. The topological polar surface area (TPSA) is 259 Å². The number of imidazole rings is 2. The molecule has 21 nitrogen and oxygen atoms in total. The minimum absolute atomic E-state index is 0. The molecule has 384 valence electrons. The van der Waals surface area contributed by atoms with Crippen LogP contribution < -0.4 is 21.1 Å². The zero-order valence-corrected chi connectivity index (χ0v) is 39.2. The molecule has 2 aliphatic heterocycles. The Morgan fingerprint density at radius 2 is 1.08 bits per heavy atom. The first-order chi connectivity index (χ1) is 32.6. The highest BCUT2D eigenvalue weighted by atomic mass is 35.5. The number of fused-ring (bicyclic) bond motifs is 2. The van der Waals surface area contributed by atoms with Gasteiger partial charge in [0, 0.05) is 37.9 Å². The number of aryl methyl sites for hydroxylation is 2. The lowest BCUT2D eigenvalue weighted by Crippen LogP contribution is -2.46. The number of carboxylic acids is 1. The molecule has 0 bridgehead atoms. The van der Waals surface area contributed by atoms with Crippen LogP contribution in [0.15, 0.2) is 95.7 Å². The molecule has 0 fully saturated rings. The van der Waals surface area contributed by atoms with Gasteiger partial charge in [0.1, 0.15) is 18.4 Å². The number of rotatable bonds is 11. The summed E-state index contributed by atoms with van der Waals surface area (Å²) in [6.07, 6.45) is 9.04. The van der Waals surface area contributed by atoms with Gasteiger partial charge in [-0.25, -0.2) is 33.3 Å². The number of hydrazone groups is 2. The van der Waals surface area contributed by atoms with Gasteiger partial charge in [-0.05, 0) is 60.4 Å². The number of hydrogen-bond acceptors (Lipinski definition) is 15. The van der Waals surface area contributed by atoms with E-state index >= 15 is 0 Å². The van der Waals surface area contributed by atoms with Gasteiger partial charge in [0.2, 0.25) is 11.6 Å². The summed E-state index contributed by atoms with van der Waals surface area (Å²) < 4.78 is 124. The Morgan fingerprint density at radius 1 is 0.676 bits per heavy atom. The standard InChI is InChI=1S/C20H20F3N7O3S.C11H13F3N4O2S.C9H9N3O2.CH4.ClH/c1-2-16-17(29-9-3-8-24-19(29)27-16)18(31)25-12-14-4-6-15(7-5-14)30-11-10-28(13-26-30)34(32,33)20(21,22)23;12-11(13,14)21(19,20)17-5-6-18(16-8-17)10-3-1-9(7-15)2-4-10;1-2-6-7(8(13)14)12-5-3-4-10-9(12)11-6;;/h3-9,13H,2,10-12H2,1H3,(H,25,31);1-4,8H,5-7,15H2;3-5H,2H2,1H3,(H,13,14);1H4;1H. The number of nitrogens with zero attached hydrogens (tertiary/aromatic N) is 12. The van der Waals surface area contributed by atoms with Crippen molar-refractivity contribution in [3.05, 3.63) is 119 Å². The predicted molar refractivity (Wildman–Crippen MR) is 253 cm³/mol. The van der Waals surface area contributed by atoms with E-state index in [4.69, 9.17) is 10.8 Å². The van der Waals surface area contributed by atoms with E-state index in [-0.39, 0.29) is 66.2 Å². The number of hydrogen-bond donors (Lipinski definition) is 3. The molecule has 0 spiro atoms. The summed E-state index contributed by atoms with van der Waals surface area (Å²) in [7, 11) is -10.8. The molecule has 0 atom stereocenters. The third-order valence-corrected chi connectivity index (χ3v) is 13.1. The van der Waals surface area contributed by atoms with Crippen molar-refractivity contribution in [1.29, 1.82) is 0 Å². The number of carbonyl (C=O) groups excluding carboxylic acids is 1. The number of sulfonamides is 2. The fourth-order valence-electron chi connectivity index (χ4n) is 6.56. The van der Waals surface area contributed by atoms with E-state index in [0.29, 0.717) is 72.1 Å². The number of carboxylic acid groups (broad SMARTS) is 1. The van der Waals surface area contributed by atoms with Crippen molar-refractivity contribution in [3.63, 3.8) is 0 Å². The summed E-state index contributed by atoms with van der Waals surface area (Å²) in [5.41, 5.74) is -0.529. The number of nitrogens with one attached hydrogen (secondary N) is 1. The molecule has 0 saturated carbocycles. The third kappa shape index (κ3) is 12.6. The third-order valence-electron chi connectivity index (χ3n) is 10.1. The van der Waals surface area contributed by atoms with Gasteiger partial charge in [0.25, 0.3) is 5.91 Å². The number of benzene rings is 2. The average Bonchev–Trinajstić information content (AvgIpc) is 3.92. The van der Waals surface area contributed by atoms with Crippen LogP contribution in [-0.2, 0) is 46.0 Å². The Kier molecular flexibility index (Phi) is 18.5. The van der Waals surface area contributed by atoms with E-state index in [1.54, 1.807) is 89.9 Å². The Morgan fingerprint density at radius 3 is 1.45 bits per heavy atom. The summed E-state index contributed by atoms with van der Waals surface area (Å²) in [6.45, 7) is 3.63. The lowest BCUT2D eigenvalue weighted by atomic mass is 10.2. The normalized spacial score (nSPS) is 13.9. The fourth-order valence-corrected chi connectivity index (χ4v) is 8.07. The van der Waals surface area contributed by atoms with Crippen molar-refractivity contribution >= 4 is 79.9 Å². The molecular weight excluding hydrogens is 1010 g/mol. The summed E-state index contributed by atoms with van der Waals surface area (Å²) in [5, 5.41) is 22.2. The number of anilines is 2. The van der Waals surface area contributed by atoms with Crippen molar-refractivity contribution < 1.29 is 57.9 Å². The molecule has 2 aliphatic rings. The molecule has 0 aliphatic carbocycles. The van der Waals surface area contributed by atoms with Crippen LogP contribution in [0.1, 0.15) is 64.8 Å². The van der Waals surface area contributed by atoms with Crippen LogP contribution in [0.25, 0.3) is 11.6 Å². The average molecular weight is 1060 g/mol. The summed E-state index contributed by atoms with van der Waals surface area (Å²) in [6, 6.07) is 17.2. The predicted octanol–water partition coefficient (Wildman–Crippen LogP) is 5.24. The smallest absolute Gasteiger partial charge is 0.477 e. The minimum atomic E-state index is -5.46. The van der Waals surface area contributed by atoms with Crippen LogP contribution >= 0.6 is 12.4 Å². The SMILES string of the molecule is C.CCc1nc2ncccn2c1C(=O)NCc1ccc(N2CCN(S(=O)(=O)C(F)(F)F)C=N2)cc1.CCc1nc2ncccn2c1C(=O)O.Cl.NCc1ccc(N2CCN(S(=O)(=O)C(F)(F)F)C=N2)cc1. The highest BCUT2D eigenvalue weighted by Crippen LogP contribution is 2.29. The molecule has 4 N–H and O–H groups in total. The zero-order valence-electron chi connectivity index (χ0n) is 36.7. The van der Waals surface area contributed by atoms with Crippen LogP contribution in [0, 0.1) is 0 Å². The number of nitrogens with two attached hydrogens (primary N) is 1. The lowest BCUT2D eigenvalue weighted by molar-refractivity contribution is -0.0477. The fraction of sp³-hybridized carbons (Fsp3) is 0.317. The molecule has 8 rings (SSSR count). The highest BCUT2D eigenvalue weighted by molar-refractivity contribution is 7.90. The molecule has 0 unspecified atom stereocenters. The Balaban J connectivity index is 0.000000252. The molecule has 30 heteroatoms. The minimum Gasteiger partial charge on any atom is -0.477 e. The van der Waals surface area contributed by atoms with Gasteiger partial charge in [0.05, 0.1) is 48.9 Å². The largest absolute Gasteiger partial charge is 0.516 e. The van der Waals surface area contributed by atoms with E-state index < -0.39 is 43.6 Å². The molecule has 6 aromatic rings. The van der Waals surface area contributed by atoms with Crippen molar-refractivity contribution in [2.45, 2.75) is 58.2 Å². The van der Waals surface area contributed by atoms with Crippen molar-refractivity contribution in [3.8, 4) is 0 Å². The molecule has 4 aromatic heterocycles. The molecule has 0 radical (unpaired) electrons. The zero-order chi connectivity index (χ0) is 50.3. The first kappa shape index (κ1) is 56.5. The van der Waals surface area contributed by atoms with Gasteiger partial charge in [-0.15, -0.1) is 12.4 Å². The van der Waals surface area contributed by atoms with E-state index in [2.05, 4.69) is 35.5 Å². The van der Waals surface area contributed by atoms with Crippen LogP contribution in [0.5, 0.6) is 0 Å². The van der Waals surface area contributed by atoms with Gasteiger partial charge in [-0.1, -0.05) is 45.5 Å². The van der Waals surface area contributed by atoms with Crippen molar-refractivity contribution in [2.75, 3.05) is 36.2 Å². The Bertz CT molecular complexity index is 3080. The van der Waals surface area contributed by atoms with Crippen LogP contribution in [0.2, 0.25) is 0 Å². The highest BCUT2D eigenvalue weighted by Gasteiger charge is 2.51. The lowest BCUT2D eigenvalue weighted by Gasteiger charge is -2.29. The Labute approximate surface area is 408 Å². The van der Waals surface area contributed by atoms with E-state index in [1.165, 1.54) is 14.4 Å². The van der Waals surface area contributed by atoms with Crippen LogP contribution in [-0.4, -0.2) is 121 Å². The maximum atomic E-state index is 12.8. The molecule has 6 heterocycles. The van der Waals surface area contributed by atoms with E-state index in [9.17, 15) is 52.8 Å². The second-order valence-corrected chi connectivity index (χ2v) is 18.2. The Hall–Kier alpha value is -7.11.